The second-order valence-electron chi connectivity index (χ2n) is 5.51. The quantitative estimate of drug-likeness (QED) is 0.770. The second-order valence-corrected chi connectivity index (χ2v) is 5.51. The molecule has 3 heteroatoms. The molecule has 1 aliphatic heterocycles. The number of carbonyl (C=O) groups excluding carboxylic acids is 1. The number of Topliss-reactive ketones (excluding diaryl/α,β-unsaturated/α-hetero) is 1. The molecule has 1 unspecified atom stereocenters. The Hall–Kier alpha value is -1.35. The fraction of sp³-hybridized carbons (Fsp3) is 0.588. The van der Waals surface area contributed by atoms with Gasteiger partial charge in [0.15, 0.2) is 5.78 Å². The molecule has 1 aromatic carbocycles. The zero-order chi connectivity index (χ0) is 14.4. The number of ether oxygens (including phenoxy) is 1. The molecule has 1 heterocycles. The van der Waals surface area contributed by atoms with Gasteiger partial charge in [-0.2, -0.15) is 0 Å². The topological polar surface area (TPSA) is 29.5 Å². The van der Waals surface area contributed by atoms with E-state index in [0.29, 0.717) is 23.9 Å². The monoisotopic (exact) mass is 275 g/mol. The van der Waals surface area contributed by atoms with Crippen LogP contribution in [0.2, 0.25) is 0 Å². The number of carbonyl (C=O) groups is 1. The first-order valence-corrected chi connectivity index (χ1v) is 7.66. The Morgan fingerprint density at radius 3 is 2.85 bits per heavy atom. The van der Waals surface area contributed by atoms with Gasteiger partial charge in [-0.3, -0.25) is 9.69 Å². The van der Waals surface area contributed by atoms with Crippen LogP contribution in [0.15, 0.2) is 24.3 Å². The molecule has 3 nitrogen and oxygen atoms in total. The van der Waals surface area contributed by atoms with Crippen molar-refractivity contribution in [2.45, 2.75) is 45.1 Å². The molecular weight excluding hydrogens is 250 g/mol. The summed E-state index contributed by atoms with van der Waals surface area (Å²) in [5.41, 5.74) is 0.703. The molecule has 110 valence electrons. The molecule has 0 spiro atoms. The zero-order valence-corrected chi connectivity index (χ0v) is 12.6. The Morgan fingerprint density at radius 1 is 1.30 bits per heavy atom. The van der Waals surface area contributed by atoms with Gasteiger partial charge in [0.05, 0.1) is 19.2 Å². The highest BCUT2D eigenvalue weighted by Gasteiger charge is 2.23. The fourth-order valence-electron chi connectivity index (χ4n) is 3.05. The van der Waals surface area contributed by atoms with Crippen molar-refractivity contribution in [1.82, 2.24) is 4.90 Å². The maximum absolute atomic E-state index is 12.5. The summed E-state index contributed by atoms with van der Waals surface area (Å²) in [5, 5.41) is 0. The van der Waals surface area contributed by atoms with Crippen LogP contribution < -0.4 is 4.74 Å². The Kier molecular flexibility index (Phi) is 5.60. The van der Waals surface area contributed by atoms with E-state index in [1.54, 1.807) is 7.11 Å². The number of benzene rings is 1. The van der Waals surface area contributed by atoms with Gasteiger partial charge in [-0.05, 0) is 37.9 Å². The first-order chi connectivity index (χ1) is 9.76. The number of hydrogen-bond acceptors (Lipinski definition) is 3. The average Bonchev–Trinajstić information content (AvgIpc) is 2.72. The first kappa shape index (κ1) is 15.0. The number of likely N-dealkylation sites (tertiary alicyclic amines) is 1. The maximum atomic E-state index is 12.5. The predicted molar refractivity (Wildman–Crippen MR) is 81.4 cm³/mol. The minimum atomic E-state index is 0.169. The summed E-state index contributed by atoms with van der Waals surface area (Å²) in [7, 11) is 1.62. The van der Waals surface area contributed by atoms with Gasteiger partial charge in [0.1, 0.15) is 5.75 Å². The number of methoxy groups -OCH3 is 1. The maximum Gasteiger partial charge on any atom is 0.180 e. The Labute approximate surface area is 121 Å². The molecule has 1 aliphatic rings. The molecule has 0 aromatic heterocycles. The standard InChI is InChI=1S/C17H25NO2/c1-3-14-9-5-4-8-12-18(14)13-16(19)15-10-6-7-11-17(15)20-2/h6-7,10-11,14H,3-5,8-9,12-13H2,1-2H3. The molecule has 0 N–H and O–H groups in total. The van der Waals surface area contributed by atoms with Gasteiger partial charge >= 0.3 is 0 Å². The van der Waals surface area contributed by atoms with Crippen molar-refractivity contribution in [3.05, 3.63) is 29.8 Å². The van der Waals surface area contributed by atoms with Gasteiger partial charge < -0.3 is 4.74 Å². The summed E-state index contributed by atoms with van der Waals surface area (Å²) < 4.78 is 5.29. The fourth-order valence-corrected chi connectivity index (χ4v) is 3.05. The lowest BCUT2D eigenvalue weighted by atomic mass is 10.1. The SMILES string of the molecule is CCC1CCCCCN1CC(=O)c1ccccc1OC. The van der Waals surface area contributed by atoms with E-state index in [1.807, 2.05) is 24.3 Å². The van der Waals surface area contributed by atoms with E-state index in [2.05, 4.69) is 11.8 Å². The molecule has 0 bridgehead atoms. The first-order valence-electron chi connectivity index (χ1n) is 7.66. The van der Waals surface area contributed by atoms with Crippen LogP contribution in [-0.2, 0) is 0 Å². The van der Waals surface area contributed by atoms with Crippen molar-refractivity contribution >= 4 is 5.78 Å². The highest BCUT2D eigenvalue weighted by atomic mass is 16.5. The molecule has 1 saturated heterocycles. The van der Waals surface area contributed by atoms with E-state index in [4.69, 9.17) is 4.74 Å². The van der Waals surface area contributed by atoms with E-state index in [0.717, 1.165) is 13.0 Å². The van der Waals surface area contributed by atoms with Gasteiger partial charge in [0.2, 0.25) is 0 Å². The lowest BCUT2D eigenvalue weighted by Crippen LogP contribution is -2.38. The third-order valence-corrected chi connectivity index (χ3v) is 4.22. The van der Waals surface area contributed by atoms with E-state index in [9.17, 15) is 4.79 Å². The summed E-state index contributed by atoms with van der Waals surface area (Å²) >= 11 is 0. The smallest absolute Gasteiger partial charge is 0.180 e. The summed E-state index contributed by atoms with van der Waals surface area (Å²) in [4.78, 5) is 14.9. The minimum Gasteiger partial charge on any atom is -0.496 e. The van der Waals surface area contributed by atoms with Crippen LogP contribution in [0.25, 0.3) is 0 Å². The largest absolute Gasteiger partial charge is 0.496 e. The van der Waals surface area contributed by atoms with Gasteiger partial charge in [-0.15, -0.1) is 0 Å². The van der Waals surface area contributed by atoms with Crippen LogP contribution in [-0.4, -0.2) is 36.9 Å². The molecule has 0 saturated carbocycles. The Bertz CT molecular complexity index is 444. The van der Waals surface area contributed by atoms with Gasteiger partial charge in [-0.25, -0.2) is 0 Å². The molecule has 1 atom stereocenters. The highest BCUT2D eigenvalue weighted by molar-refractivity contribution is 6.00. The van der Waals surface area contributed by atoms with Crippen LogP contribution in [0, 0.1) is 0 Å². The van der Waals surface area contributed by atoms with Gasteiger partial charge in [0, 0.05) is 6.04 Å². The summed E-state index contributed by atoms with van der Waals surface area (Å²) in [6, 6.07) is 8.06. The van der Waals surface area contributed by atoms with E-state index >= 15 is 0 Å². The van der Waals surface area contributed by atoms with Crippen molar-refractivity contribution in [3.63, 3.8) is 0 Å². The lowest BCUT2D eigenvalue weighted by molar-refractivity contribution is 0.0887. The van der Waals surface area contributed by atoms with E-state index in [1.165, 1.54) is 25.7 Å². The zero-order valence-electron chi connectivity index (χ0n) is 12.6. The third-order valence-electron chi connectivity index (χ3n) is 4.22. The van der Waals surface area contributed by atoms with Crippen molar-refractivity contribution < 1.29 is 9.53 Å². The van der Waals surface area contributed by atoms with E-state index in [-0.39, 0.29) is 5.78 Å². The molecule has 0 radical (unpaired) electrons. The van der Waals surface area contributed by atoms with Gasteiger partial charge in [-0.1, -0.05) is 31.9 Å². The van der Waals surface area contributed by atoms with Crippen LogP contribution in [0.5, 0.6) is 5.75 Å². The average molecular weight is 275 g/mol. The third kappa shape index (κ3) is 3.60. The molecule has 1 aromatic rings. The number of ketones is 1. The van der Waals surface area contributed by atoms with Crippen molar-refractivity contribution in [2.75, 3.05) is 20.2 Å². The van der Waals surface area contributed by atoms with Crippen molar-refractivity contribution in [1.29, 1.82) is 0 Å². The molecule has 2 rings (SSSR count). The molecule has 20 heavy (non-hydrogen) atoms. The summed E-state index contributed by atoms with van der Waals surface area (Å²) in [6.45, 7) is 3.77. The van der Waals surface area contributed by atoms with Crippen LogP contribution in [0.1, 0.15) is 49.4 Å². The Balaban J connectivity index is 2.09. The molecule has 1 fully saturated rings. The Morgan fingerprint density at radius 2 is 2.10 bits per heavy atom. The molecular formula is C17H25NO2. The highest BCUT2D eigenvalue weighted by Crippen LogP contribution is 2.22. The molecule has 0 aliphatic carbocycles. The number of para-hydroxylation sites is 1. The van der Waals surface area contributed by atoms with Crippen LogP contribution in [0.3, 0.4) is 0 Å². The summed E-state index contributed by atoms with van der Waals surface area (Å²) in [6.07, 6.45) is 6.12. The number of hydrogen-bond donors (Lipinski definition) is 0. The second kappa shape index (κ2) is 7.44. The number of nitrogens with zero attached hydrogens (tertiary/aromatic N) is 1. The van der Waals surface area contributed by atoms with E-state index < -0.39 is 0 Å². The lowest BCUT2D eigenvalue weighted by Gasteiger charge is -2.28. The predicted octanol–water partition coefficient (Wildman–Crippen LogP) is 3.53. The molecule has 0 amide bonds. The van der Waals surface area contributed by atoms with Crippen LogP contribution in [0.4, 0.5) is 0 Å². The summed E-state index contributed by atoms with van der Waals surface area (Å²) in [5.74, 6) is 0.850. The minimum absolute atomic E-state index is 0.169. The number of rotatable bonds is 5. The van der Waals surface area contributed by atoms with Crippen molar-refractivity contribution in [3.8, 4) is 5.75 Å². The van der Waals surface area contributed by atoms with Gasteiger partial charge in [0.25, 0.3) is 0 Å². The van der Waals surface area contributed by atoms with Crippen molar-refractivity contribution in [2.24, 2.45) is 0 Å². The normalized spacial score (nSPS) is 20.4. The van der Waals surface area contributed by atoms with Crippen LogP contribution >= 0.6 is 0 Å².